The van der Waals surface area contributed by atoms with E-state index in [4.69, 9.17) is 16.0 Å². The summed E-state index contributed by atoms with van der Waals surface area (Å²) in [5.74, 6) is 1.10. The number of fused-ring (bicyclic) bond motifs is 3. The summed E-state index contributed by atoms with van der Waals surface area (Å²) in [6.07, 6.45) is 4.90. The Hall–Kier alpha value is -3.19. The first kappa shape index (κ1) is 13.3. The highest BCUT2D eigenvalue weighted by atomic mass is 35.5. The van der Waals surface area contributed by atoms with E-state index in [0.29, 0.717) is 27.9 Å². The third-order valence-electron chi connectivity index (χ3n) is 3.73. The summed E-state index contributed by atoms with van der Waals surface area (Å²) in [5, 5.41) is 10.2. The second kappa shape index (κ2) is 4.90. The summed E-state index contributed by atoms with van der Waals surface area (Å²) in [6, 6.07) is 11.1. The molecule has 5 aromatic rings. The molecule has 0 saturated heterocycles. The van der Waals surface area contributed by atoms with Crippen LogP contribution < -0.4 is 0 Å². The van der Waals surface area contributed by atoms with Crippen LogP contribution in [0, 0.1) is 0 Å². The van der Waals surface area contributed by atoms with Gasteiger partial charge in [0.2, 0.25) is 5.82 Å². The zero-order valence-corrected chi connectivity index (χ0v) is 12.9. The largest absolute Gasteiger partial charge is 0.461 e. The van der Waals surface area contributed by atoms with Crippen molar-refractivity contribution in [2.75, 3.05) is 0 Å². The van der Waals surface area contributed by atoms with Gasteiger partial charge < -0.3 is 4.42 Å². The molecule has 0 amide bonds. The zero-order valence-electron chi connectivity index (χ0n) is 12.2. The van der Waals surface area contributed by atoms with Crippen LogP contribution in [0.25, 0.3) is 34.0 Å². The molecule has 5 rings (SSSR count). The third kappa shape index (κ3) is 1.85. The van der Waals surface area contributed by atoms with E-state index in [0.717, 1.165) is 11.1 Å². The van der Waals surface area contributed by atoms with Gasteiger partial charge in [-0.2, -0.15) is 5.10 Å². The molecule has 0 aliphatic carbocycles. The molecule has 7 nitrogen and oxygen atoms in total. The lowest BCUT2D eigenvalue weighted by Crippen LogP contribution is -1.99. The van der Waals surface area contributed by atoms with Crippen LogP contribution in [0.5, 0.6) is 0 Å². The van der Waals surface area contributed by atoms with E-state index in [-0.39, 0.29) is 0 Å². The van der Waals surface area contributed by atoms with Crippen molar-refractivity contribution in [1.82, 2.24) is 29.4 Å². The van der Waals surface area contributed by atoms with Gasteiger partial charge in [0.15, 0.2) is 17.1 Å². The first-order chi connectivity index (χ1) is 11.8. The normalized spacial score (nSPS) is 11.5. The van der Waals surface area contributed by atoms with Crippen LogP contribution in [-0.4, -0.2) is 29.4 Å². The monoisotopic (exact) mass is 336 g/mol. The number of para-hydroxylation sites is 1. The van der Waals surface area contributed by atoms with E-state index < -0.39 is 0 Å². The maximum atomic E-state index is 6.27. The molecule has 0 aliphatic heterocycles. The van der Waals surface area contributed by atoms with Crippen molar-refractivity contribution in [3.05, 3.63) is 60.2 Å². The van der Waals surface area contributed by atoms with E-state index in [9.17, 15) is 0 Å². The Morgan fingerprint density at radius 3 is 2.79 bits per heavy atom. The molecule has 0 atom stereocenters. The minimum Gasteiger partial charge on any atom is -0.461 e. The van der Waals surface area contributed by atoms with Gasteiger partial charge in [0.1, 0.15) is 6.33 Å². The number of hydrogen-bond donors (Lipinski definition) is 0. The van der Waals surface area contributed by atoms with Gasteiger partial charge in [-0.25, -0.2) is 19.2 Å². The highest BCUT2D eigenvalue weighted by Crippen LogP contribution is 2.25. The second-order valence-corrected chi connectivity index (χ2v) is 5.58. The number of nitrogens with zero attached hydrogens (tertiary/aromatic N) is 6. The lowest BCUT2D eigenvalue weighted by Gasteiger charge is -2.04. The summed E-state index contributed by atoms with van der Waals surface area (Å²) in [5.41, 5.74) is 2.08. The average molecular weight is 337 g/mol. The van der Waals surface area contributed by atoms with Gasteiger partial charge in [-0.3, -0.25) is 0 Å². The first-order valence-corrected chi connectivity index (χ1v) is 7.57. The van der Waals surface area contributed by atoms with Crippen LogP contribution in [0.4, 0.5) is 0 Å². The van der Waals surface area contributed by atoms with E-state index >= 15 is 0 Å². The molecule has 4 aromatic heterocycles. The van der Waals surface area contributed by atoms with Crippen LogP contribution in [0.1, 0.15) is 0 Å². The number of aromatic nitrogens is 6. The summed E-state index contributed by atoms with van der Waals surface area (Å²) in [7, 11) is 0. The maximum Gasteiger partial charge on any atom is 0.217 e. The van der Waals surface area contributed by atoms with Gasteiger partial charge in [-0.15, -0.1) is 5.10 Å². The van der Waals surface area contributed by atoms with Crippen LogP contribution in [0.3, 0.4) is 0 Å². The molecular formula is C16H9ClN6O. The fraction of sp³-hybridized carbons (Fsp3) is 0. The SMILES string of the molecule is Clc1ccccc1-n1ncc2c1ncn1nc(-c3ccco3)nc21. The predicted molar refractivity (Wildman–Crippen MR) is 88.1 cm³/mol. The van der Waals surface area contributed by atoms with E-state index in [1.165, 1.54) is 0 Å². The molecule has 0 bridgehead atoms. The zero-order chi connectivity index (χ0) is 16.1. The Labute approximate surface area is 140 Å². The topological polar surface area (TPSA) is 74.0 Å². The highest BCUT2D eigenvalue weighted by Gasteiger charge is 2.16. The molecule has 0 fully saturated rings. The standard InChI is InChI=1S/C16H9ClN6O/c17-11-4-1-2-5-12(11)23-15-10(8-19-23)16-20-14(13-6-3-7-24-13)21-22(16)9-18-15/h1-9H. The van der Waals surface area contributed by atoms with Gasteiger partial charge in [-0.05, 0) is 24.3 Å². The molecule has 0 N–H and O–H groups in total. The minimum atomic E-state index is 0.500. The number of benzene rings is 1. The maximum absolute atomic E-state index is 6.27. The highest BCUT2D eigenvalue weighted by molar-refractivity contribution is 6.32. The van der Waals surface area contributed by atoms with Crippen molar-refractivity contribution in [1.29, 1.82) is 0 Å². The molecule has 4 heterocycles. The Balaban J connectivity index is 1.77. The third-order valence-corrected chi connectivity index (χ3v) is 4.05. The number of hydrogen-bond acceptors (Lipinski definition) is 5. The second-order valence-electron chi connectivity index (χ2n) is 5.17. The quantitative estimate of drug-likeness (QED) is 0.494. The van der Waals surface area contributed by atoms with Crippen molar-refractivity contribution >= 4 is 28.3 Å². The van der Waals surface area contributed by atoms with Crippen molar-refractivity contribution in [3.63, 3.8) is 0 Å². The van der Waals surface area contributed by atoms with Gasteiger partial charge >= 0.3 is 0 Å². The summed E-state index contributed by atoms with van der Waals surface area (Å²) in [4.78, 5) is 9.00. The van der Waals surface area contributed by atoms with Crippen molar-refractivity contribution in [2.45, 2.75) is 0 Å². The molecule has 0 unspecified atom stereocenters. The summed E-state index contributed by atoms with van der Waals surface area (Å²) >= 11 is 6.27. The average Bonchev–Trinajstić information content (AvgIpc) is 3.32. The van der Waals surface area contributed by atoms with Crippen LogP contribution in [-0.2, 0) is 0 Å². The minimum absolute atomic E-state index is 0.500. The molecule has 0 saturated carbocycles. The van der Waals surface area contributed by atoms with Crippen molar-refractivity contribution in [3.8, 4) is 17.3 Å². The lowest BCUT2D eigenvalue weighted by atomic mass is 10.3. The van der Waals surface area contributed by atoms with E-state index in [1.807, 2.05) is 30.3 Å². The van der Waals surface area contributed by atoms with Crippen LogP contribution >= 0.6 is 11.6 Å². The Bertz CT molecular complexity index is 1170. The predicted octanol–water partition coefficient (Wildman–Crippen LogP) is 3.38. The first-order valence-electron chi connectivity index (χ1n) is 7.19. The molecule has 24 heavy (non-hydrogen) atoms. The van der Waals surface area contributed by atoms with E-state index in [2.05, 4.69) is 20.2 Å². The molecule has 8 heteroatoms. The summed E-state index contributed by atoms with van der Waals surface area (Å²) in [6.45, 7) is 0. The molecule has 0 radical (unpaired) electrons. The van der Waals surface area contributed by atoms with Gasteiger partial charge in [-0.1, -0.05) is 23.7 Å². The van der Waals surface area contributed by atoms with Gasteiger partial charge in [0.05, 0.1) is 28.6 Å². The van der Waals surface area contributed by atoms with Gasteiger partial charge in [0, 0.05) is 0 Å². The van der Waals surface area contributed by atoms with Crippen molar-refractivity contribution < 1.29 is 4.42 Å². The fourth-order valence-electron chi connectivity index (χ4n) is 2.63. The number of furan rings is 1. The fourth-order valence-corrected chi connectivity index (χ4v) is 2.85. The van der Waals surface area contributed by atoms with Gasteiger partial charge in [0.25, 0.3) is 0 Å². The Morgan fingerprint density at radius 2 is 1.96 bits per heavy atom. The summed E-state index contributed by atoms with van der Waals surface area (Å²) < 4.78 is 8.66. The van der Waals surface area contributed by atoms with E-state index in [1.54, 1.807) is 34.1 Å². The number of rotatable bonds is 2. The Kier molecular flexibility index (Phi) is 2.71. The molecule has 0 spiro atoms. The molecule has 0 aliphatic rings. The van der Waals surface area contributed by atoms with Crippen LogP contribution in [0.15, 0.2) is 59.6 Å². The number of halogens is 1. The van der Waals surface area contributed by atoms with Crippen molar-refractivity contribution in [2.24, 2.45) is 0 Å². The molecule has 116 valence electrons. The lowest BCUT2D eigenvalue weighted by molar-refractivity contribution is 0.577. The van der Waals surface area contributed by atoms with Crippen LogP contribution in [0.2, 0.25) is 5.02 Å². The Morgan fingerprint density at radius 1 is 1.04 bits per heavy atom. The smallest absolute Gasteiger partial charge is 0.217 e. The molecule has 1 aromatic carbocycles. The molecular weight excluding hydrogens is 328 g/mol.